The summed E-state index contributed by atoms with van der Waals surface area (Å²) < 4.78 is 5.38. The van der Waals surface area contributed by atoms with Gasteiger partial charge in [-0.05, 0) is 58.2 Å². The second-order valence-electron chi connectivity index (χ2n) is 11.0. The molecule has 0 fully saturated rings. The van der Waals surface area contributed by atoms with E-state index in [4.69, 9.17) is 9.84 Å². The fourth-order valence-electron chi connectivity index (χ4n) is 4.76. The van der Waals surface area contributed by atoms with Gasteiger partial charge in [0.25, 0.3) is 6.20 Å². The molecule has 0 aliphatic rings. The van der Waals surface area contributed by atoms with Gasteiger partial charge in [-0.2, -0.15) is 0 Å². The van der Waals surface area contributed by atoms with Gasteiger partial charge in [-0.15, -0.1) is 0 Å². The third kappa shape index (κ3) is 28.9. The van der Waals surface area contributed by atoms with Crippen LogP contribution >= 0.6 is 0 Å². The van der Waals surface area contributed by atoms with Gasteiger partial charge >= 0.3 is 11.9 Å². The van der Waals surface area contributed by atoms with E-state index in [0.29, 0.717) is 25.4 Å². The van der Waals surface area contributed by atoms with Crippen LogP contribution in [0.4, 0.5) is 0 Å². The second kappa shape index (κ2) is 29.1. The lowest BCUT2D eigenvalue weighted by Crippen LogP contribution is -2.31. The molecule has 0 aromatic carbocycles. The van der Waals surface area contributed by atoms with Crippen LogP contribution in [0.5, 0.6) is 0 Å². The van der Waals surface area contributed by atoms with Gasteiger partial charge in [-0.1, -0.05) is 84.0 Å². The van der Waals surface area contributed by atoms with Crippen molar-refractivity contribution in [3.05, 3.63) is 22.1 Å². The number of carboxylic acids is 1. The molecule has 0 aromatic rings. The lowest BCUT2D eigenvalue weighted by atomic mass is 10.1. The average molecular weight is 585 g/mol. The smallest absolute Gasteiger partial charge is 0.305 e. The predicted molar refractivity (Wildman–Crippen MR) is 165 cm³/mol. The Kier molecular flexibility index (Phi) is 27.5. The molecule has 41 heavy (non-hydrogen) atoms. The standard InChI is InChI=1S/C31H60N4O6/c1-3-4-5-6-7-14-19-27-41-31(38)22-16-11-9-13-18-25-34(24-17-12-8-10-15-21-30(36)37)26-20-23-33-29(32-2)28-35(39)40/h28,32-33H,3-27H2,1-2H3,(H,36,37)/b29-28+. The highest BCUT2D eigenvalue weighted by Crippen LogP contribution is 2.11. The number of hydrogen-bond acceptors (Lipinski definition) is 8. The van der Waals surface area contributed by atoms with E-state index >= 15 is 0 Å². The Bertz CT molecular complexity index is 690. The highest BCUT2D eigenvalue weighted by molar-refractivity contribution is 5.69. The number of nitro groups is 1. The lowest BCUT2D eigenvalue weighted by Gasteiger charge is -2.22. The highest BCUT2D eigenvalue weighted by Gasteiger charge is 2.07. The summed E-state index contributed by atoms with van der Waals surface area (Å²) in [5.74, 6) is -0.379. The van der Waals surface area contributed by atoms with E-state index in [9.17, 15) is 19.7 Å². The van der Waals surface area contributed by atoms with Crippen molar-refractivity contribution < 1.29 is 24.4 Å². The third-order valence-electron chi connectivity index (χ3n) is 7.20. The maximum absolute atomic E-state index is 11.9. The molecular formula is C31H60N4O6. The van der Waals surface area contributed by atoms with E-state index in [-0.39, 0.29) is 12.4 Å². The summed E-state index contributed by atoms with van der Waals surface area (Å²) >= 11 is 0. The Morgan fingerprint density at radius 1 is 0.780 bits per heavy atom. The van der Waals surface area contributed by atoms with Gasteiger partial charge in [-0.3, -0.25) is 19.7 Å². The molecule has 0 aliphatic heterocycles. The molecule has 0 saturated heterocycles. The zero-order valence-corrected chi connectivity index (χ0v) is 26.1. The summed E-state index contributed by atoms with van der Waals surface area (Å²) in [5, 5.41) is 25.3. The van der Waals surface area contributed by atoms with Crippen molar-refractivity contribution in [1.29, 1.82) is 0 Å². The summed E-state index contributed by atoms with van der Waals surface area (Å²) in [7, 11) is 1.66. The van der Waals surface area contributed by atoms with E-state index in [1.54, 1.807) is 7.05 Å². The first-order valence-electron chi connectivity index (χ1n) is 16.3. The normalized spacial score (nSPS) is 11.5. The Morgan fingerprint density at radius 2 is 1.29 bits per heavy atom. The first-order valence-corrected chi connectivity index (χ1v) is 16.3. The number of nitrogens with one attached hydrogen (secondary N) is 2. The zero-order chi connectivity index (χ0) is 30.4. The van der Waals surface area contributed by atoms with Crippen LogP contribution in [-0.2, 0) is 14.3 Å². The molecule has 0 amide bonds. The molecular weight excluding hydrogens is 524 g/mol. The molecule has 10 nitrogen and oxygen atoms in total. The summed E-state index contributed by atoms with van der Waals surface area (Å²) in [6.45, 7) is 6.38. The van der Waals surface area contributed by atoms with E-state index in [1.807, 2.05) is 0 Å². The van der Waals surface area contributed by atoms with Crippen LogP contribution in [0.15, 0.2) is 12.0 Å². The Hall–Kier alpha value is -2.36. The largest absolute Gasteiger partial charge is 0.481 e. The van der Waals surface area contributed by atoms with Gasteiger partial charge in [0.2, 0.25) is 0 Å². The predicted octanol–water partition coefficient (Wildman–Crippen LogP) is 6.62. The van der Waals surface area contributed by atoms with Crippen molar-refractivity contribution in [3.63, 3.8) is 0 Å². The quantitative estimate of drug-likeness (QED) is 0.0355. The van der Waals surface area contributed by atoms with Crippen molar-refractivity contribution >= 4 is 11.9 Å². The number of aliphatic carboxylic acids is 1. The molecule has 0 aliphatic carbocycles. The SMILES string of the molecule is CCCCCCCCCOC(=O)CCCCCCCN(CCCCCCCC(=O)O)CCCN/C(=C/[N+](=O)[O-])NC. The van der Waals surface area contributed by atoms with Crippen molar-refractivity contribution in [2.24, 2.45) is 0 Å². The van der Waals surface area contributed by atoms with Crippen LogP contribution in [0, 0.1) is 10.1 Å². The van der Waals surface area contributed by atoms with Crippen LogP contribution in [0.1, 0.15) is 135 Å². The zero-order valence-electron chi connectivity index (χ0n) is 26.1. The summed E-state index contributed by atoms with van der Waals surface area (Å²) in [5.41, 5.74) is 0. The first kappa shape index (κ1) is 38.6. The number of nitrogens with zero attached hydrogens (tertiary/aromatic N) is 2. The van der Waals surface area contributed by atoms with Gasteiger partial charge in [0.1, 0.15) is 0 Å². The molecule has 3 N–H and O–H groups in total. The second-order valence-corrected chi connectivity index (χ2v) is 11.0. The number of carboxylic acid groups (broad SMARTS) is 1. The van der Waals surface area contributed by atoms with E-state index in [1.165, 1.54) is 32.1 Å². The minimum Gasteiger partial charge on any atom is -0.481 e. The average Bonchev–Trinajstić information content (AvgIpc) is 2.94. The number of ether oxygens (including phenoxy) is 1. The minimum absolute atomic E-state index is 0.0618. The summed E-state index contributed by atoms with van der Waals surface area (Å²) in [6.07, 6.45) is 21.3. The van der Waals surface area contributed by atoms with E-state index in [2.05, 4.69) is 22.5 Å². The molecule has 0 radical (unpaired) electrons. The number of rotatable bonds is 31. The lowest BCUT2D eigenvalue weighted by molar-refractivity contribution is -0.404. The molecule has 0 rings (SSSR count). The summed E-state index contributed by atoms with van der Waals surface area (Å²) in [4.78, 5) is 35.3. The van der Waals surface area contributed by atoms with Gasteiger partial charge in [0.05, 0.1) is 11.5 Å². The Labute approximate surface area is 249 Å². The minimum atomic E-state index is -0.724. The maximum atomic E-state index is 11.9. The van der Waals surface area contributed by atoms with Crippen molar-refractivity contribution in [3.8, 4) is 0 Å². The number of carbonyl (C=O) groups is 2. The van der Waals surface area contributed by atoms with Gasteiger partial charge < -0.3 is 25.4 Å². The van der Waals surface area contributed by atoms with E-state index in [0.717, 1.165) is 109 Å². The molecule has 10 heteroatoms. The summed E-state index contributed by atoms with van der Waals surface area (Å²) in [6, 6.07) is 0. The fourth-order valence-corrected chi connectivity index (χ4v) is 4.76. The number of unbranched alkanes of at least 4 members (excludes halogenated alkanes) is 14. The van der Waals surface area contributed by atoms with Gasteiger partial charge in [0, 0.05) is 26.4 Å². The molecule has 0 atom stereocenters. The van der Waals surface area contributed by atoms with Crippen LogP contribution in [0.3, 0.4) is 0 Å². The van der Waals surface area contributed by atoms with Crippen LogP contribution in [0.2, 0.25) is 0 Å². The van der Waals surface area contributed by atoms with Crippen LogP contribution in [0.25, 0.3) is 0 Å². The Morgan fingerprint density at radius 3 is 1.85 bits per heavy atom. The van der Waals surface area contributed by atoms with Crippen LogP contribution < -0.4 is 10.6 Å². The number of hydrogen-bond donors (Lipinski definition) is 3. The molecule has 0 bridgehead atoms. The molecule has 0 spiro atoms. The number of esters is 1. The molecule has 0 saturated carbocycles. The molecule has 0 heterocycles. The third-order valence-corrected chi connectivity index (χ3v) is 7.20. The molecule has 240 valence electrons. The molecule has 0 aromatic heterocycles. The van der Waals surface area contributed by atoms with Crippen molar-refractivity contribution in [2.45, 2.75) is 135 Å². The number of carbonyl (C=O) groups excluding carboxylic acids is 1. The van der Waals surface area contributed by atoms with E-state index < -0.39 is 10.9 Å². The fraction of sp³-hybridized carbons (Fsp3) is 0.871. The van der Waals surface area contributed by atoms with Crippen molar-refractivity contribution in [1.82, 2.24) is 15.5 Å². The first-order chi connectivity index (χ1) is 19.9. The van der Waals surface area contributed by atoms with Gasteiger partial charge in [0.15, 0.2) is 5.82 Å². The van der Waals surface area contributed by atoms with Crippen LogP contribution in [-0.4, -0.2) is 66.7 Å². The monoisotopic (exact) mass is 584 g/mol. The highest BCUT2D eigenvalue weighted by atomic mass is 16.6. The maximum Gasteiger partial charge on any atom is 0.305 e. The molecule has 0 unspecified atom stereocenters. The topological polar surface area (TPSA) is 134 Å². The van der Waals surface area contributed by atoms with Gasteiger partial charge in [-0.25, -0.2) is 0 Å². The Balaban J connectivity index is 4.08. The van der Waals surface area contributed by atoms with Crippen molar-refractivity contribution in [2.75, 3.05) is 39.8 Å².